The zero-order valence-electron chi connectivity index (χ0n) is 8.04. The summed E-state index contributed by atoms with van der Waals surface area (Å²) in [4.78, 5) is 10.6. The van der Waals surface area contributed by atoms with Gasteiger partial charge >= 0.3 is 0 Å². The molecule has 1 amide bonds. The van der Waals surface area contributed by atoms with E-state index in [1.807, 2.05) is 0 Å². The molecule has 74 valence electrons. The van der Waals surface area contributed by atoms with Crippen molar-refractivity contribution >= 4 is 11.6 Å². The first-order valence-electron chi connectivity index (χ1n) is 4.16. The summed E-state index contributed by atoms with van der Waals surface area (Å²) >= 11 is 0. The van der Waals surface area contributed by atoms with Gasteiger partial charge in [-0.3, -0.25) is 4.79 Å². The van der Waals surface area contributed by atoms with Gasteiger partial charge in [-0.05, 0) is 24.6 Å². The second kappa shape index (κ2) is 4.50. The average Bonchev–Trinajstić information content (AvgIpc) is 2.15. The molecule has 14 heavy (non-hydrogen) atoms. The summed E-state index contributed by atoms with van der Waals surface area (Å²) in [6.45, 7) is 3.12. The third-order valence-corrected chi connectivity index (χ3v) is 1.64. The Bertz CT molecular complexity index is 357. The lowest BCUT2D eigenvalue weighted by Crippen LogP contribution is -2.14. The summed E-state index contributed by atoms with van der Waals surface area (Å²) in [5.41, 5.74) is 3.73. The third kappa shape index (κ3) is 2.97. The fourth-order valence-corrected chi connectivity index (χ4v) is 0.918. The van der Waals surface area contributed by atoms with Crippen molar-refractivity contribution in [3.8, 4) is 0 Å². The zero-order valence-corrected chi connectivity index (χ0v) is 8.04. The maximum Gasteiger partial charge on any atom is 0.236 e. The Morgan fingerprint density at radius 1 is 1.29 bits per heavy atom. The topological polar surface area (TPSA) is 41.5 Å². The number of benzene rings is 1. The molecule has 1 aromatic carbocycles. The number of carbonyl (C=O) groups is 1. The molecule has 0 fully saturated rings. The van der Waals surface area contributed by atoms with Gasteiger partial charge in [0, 0.05) is 6.92 Å². The van der Waals surface area contributed by atoms with E-state index >= 15 is 0 Å². The number of rotatable bonds is 2. The van der Waals surface area contributed by atoms with E-state index in [0.717, 1.165) is 5.56 Å². The molecular formula is C10H11FN2O. The summed E-state index contributed by atoms with van der Waals surface area (Å²) in [5, 5.41) is 3.82. The van der Waals surface area contributed by atoms with Crippen LogP contribution in [0.1, 0.15) is 19.4 Å². The van der Waals surface area contributed by atoms with Gasteiger partial charge in [-0.15, -0.1) is 0 Å². The zero-order chi connectivity index (χ0) is 10.6. The fraction of sp³-hybridized carbons (Fsp3) is 0.200. The molecule has 0 aromatic heterocycles. The standard InChI is InChI=1S/C10H11FN2O/c1-7(12-13-8(2)14)9-3-5-10(11)6-4-9/h3-6H,1-2H3,(H,13,14). The highest BCUT2D eigenvalue weighted by Crippen LogP contribution is 2.03. The Hall–Kier alpha value is -1.71. The lowest BCUT2D eigenvalue weighted by atomic mass is 10.1. The maximum atomic E-state index is 12.6. The molecule has 0 aliphatic carbocycles. The Labute approximate surface area is 81.6 Å². The van der Waals surface area contributed by atoms with Crippen LogP contribution < -0.4 is 5.43 Å². The fourth-order valence-electron chi connectivity index (χ4n) is 0.918. The normalized spacial score (nSPS) is 11.2. The van der Waals surface area contributed by atoms with Crippen molar-refractivity contribution in [1.29, 1.82) is 0 Å². The molecule has 0 saturated heterocycles. The van der Waals surface area contributed by atoms with Crippen molar-refractivity contribution in [2.24, 2.45) is 5.10 Å². The Balaban J connectivity index is 2.78. The van der Waals surface area contributed by atoms with Crippen molar-refractivity contribution < 1.29 is 9.18 Å². The molecule has 0 unspecified atom stereocenters. The lowest BCUT2D eigenvalue weighted by Gasteiger charge is -2.00. The third-order valence-electron chi connectivity index (χ3n) is 1.64. The van der Waals surface area contributed by atoms with E-state index < -0.39 is 0 Å². The maximum absolute atomic E-state index is 12.6. The van der Waals surface area contributed by atoms with Gasteiger partial charge in [0.1, 0.15) is 5.82 Å². The summed E-state index contributed by atoms with van der Waals surface area (Å²) < 4.78 is 12.6. The molecule has 0 atom stereocenters. The van der Waals surface area contributed by atoms with Gasteiger partial charge in [0.2, 0.25) is 5.91 Å². The van der Waals surface area contributed by atoms with Crippen LogP contribution >= 0.6 is 0 Å². The second-order valence-electron chi connectivity index (χ2n) is 2.87. The average molecular weight is 194 g/mol. The van der Waals surface area contributed by atoms with E-state index in [4.69, 9.17) is 0 Å². The number of nitrogens with one attached hydrogen (secondary N) is 1. The van der Waals surface area contributed by atoms with Crippen molar-refractivity contribution in [3.63, 3.8) is 0 Å². The van der Waals surface area contributed by atoms with Crippen molar-refractivity contribution in [2.75, 3.05) is 0 Å². The molecule has 0 radical (unpaired) electrons. The van der Waals surface area contributed by atoms with Crippen LogP contribution in [-0.2, 0) is 4.79 Å². The Morgan fingerprint density at radius 3 is 2.36 bits per heavy atom. The van der Waals surface area contributed by atoms with Gasteiger partial charge in [-0.25, -0.2) is 9.82 Å². The summed E-state index contributed by atoms with van der Waals surface area (Å²) in [6, 6.07) is 5.91. The highest BCUT2D eigenvalue weighted by molar-refractivity contribution is 5.99. The van der Waals surface area contributed by atoms with Crippen molar-refractivity contribution in [3.05, 3.63) is 35.6 Å². The minimum absolute atomic E-state index is 0.230. The number of amides is 1. The van der Waals surface area contributed by atoms with Gasteiger partial charge in [0.05, 0.1) is 5.71 Å². The Kier molecular flexibility index (Phi) is 3.34. The van der Waals surface area contributed by atoms with Gasteiger partial charge < -0.3 is 0 Å². The molecule has 0 bridgehead atoms. The van der Waals surface area contributed by atoms with Crippen LogP contribution in [0, 0.1) is 5.82 Å². The van der Waals surface area contributed by atoms with Crippen LogP contribution in [0.3, 0.4) is 0 Å². The predicted molar refractivity (Wildman–Crippen MR) is 52.4 cm³/mol. The first-order chi connectivity index (χ1) is 6.59. The van der Waals surface area contributed by atoms with Gasteiger partial charge in [-0.1, -0.05) is 12.1 Å². The SMILES string of the molecule is CC(=O)NN=C(C)c1ccc(F)cc1. The molecule has 1 rings (SSSR count). The summed E-state index contributed by atoms with van der Waals surface area (Å²) in [6.07, 6.45) is 0. The molecular weight excluding hydrogens is 183 g/mol. The largest absolute Gasteiger partial charge is 0.274 e. The number of nitrogens with zero attached hydrogens (tertiary/aromatic N) is 1. The molecule has 0 spiro atoms. The summed E-state index contributed by atoms with van der Waals surface area (Å²) in [5.74, 6) is -0.521. The minimum atomic E-state index is -0.291. The van der Waals surface area contributed by atoms with Crippen LogP contribution in [0.25, 0.3) is 0 Å². The van der Waals surface area contributed by atoms with E-state index in [1.54, 1.807) is 19.1 Å². The van der Waals surface area contributed by atoms with E-state index in [9.17, 15) is 9.18 Å². The molecule has 1 N–H and O–H groups in total. The first-order valence-corrected chi connectivity index (χ1v) is 4.16. The van der Waals surface area contributed by atoms with Crippen LogP contribution in [-0.4, -0.2) is 11.6 Å². The second-order valence-corrected chi connectivity index (χ2v) is 2.87. The lowest BCUT2D eigenvalue weighted by molar-refractivity contribution is -0.118. The quantitative estimate of drug-likeness (QED) is 0.565. The van der Waals surface area contributed by atoms with Crippen LogP contribution in [0.5, 0.6) is 0 Å². The van der Waals surface area contributed by atoms with Gasteiger partial charge in [0.25, 0.3) is 0 Å². The first kappa shape index (κ1) is 10.4. The number of hydrazone groups is 1. The summed E-state index contributed by atoms with van der Waals surface area (Å²) in [7, 11) is 0. The van der Waals surface area contributed by atoms with E-state index in [2.05, 4.69) is 10.5 Å². The van der Waals surface area contributed by atoms with Crippen LogP contribution in [0.4, 0.5) is 4.39 Å². The smallest absolute Gasteiger partial charge is 0.236 e. The van der Waals surface area contributed by atoms with E-state index in [0.29, 0.717) is 5.71 Å². The molecule has 0 heterocycles. The molecule has 4 heteroatoms. The van der Waals surface area contributed by atoms with Crippen LogP contribution in [0.2, 0.25) is 0 Å². The predicted octanol–water partition coefficient (Wildman–Crippen LogP) is 1.69. The van der Waals surface area contributed by atoms with Gasteiger partial charge in [-0.2, -0.15) is 5.10 Å². The molecule has 3 nitrogen and oxygen atoms in total. The number of halogens is 1. The molecule has 0 aliphatic heterocycles. The highest BCUT2D eigenvalue weighted by Gasteiger charge is 1.97. The van der Waals surface area contributed by atoms with E-state index in [1.165, 1.54) is 19.1 Å². The number of hydrogen-bond donors (Lipinski definition) is 1. The van der Waals surface area contributed by atoms with Crippen molar-refractivity contribution in [1.82, 2.24) is 5.43 Å². The molecule has 0 saturated carbocycles. The number of hydrogen-bond acceptors (Lipinski definition) is 2. The minimum Gasteiger partial charge on any atom is -0.274 e. The molecule has 0 aliphatic rings. The highest BCUT2D eigenvalue weighted by atomic mass is 19.1. The van der Waals surface area contributed by atoms with Crippen molar-refractivity contribution in [2.45, 2.75) is 13.8 Å². The molecule has 1 aromatic rings. The van der Waals surface area contributed by atoms with Crippen LogP contribution in [0.15, 0.2) is 29.4 Å². The monoisotopic (exact) mass is 194 g/mol. The number of carbonyl (C=O) groups excluding carboxylic acids is 1. The van der Waals surface area contributed by atoms with Gasteiger partial charge in [0.15, 0.2) is 0 Å². The Morgan fingerprint density at radius 2 is 1.86 bits per heavy atom. The van der Waals surface area contributed by atoms with E-state index in [-0.39, 0.29) is 11.7 Å².